The Morgan fingerprint density at radius 3 is 2.75 bits per heavy atom. The minimum Gasteiger partial charge on any atom is -0.388 e. The summed E-state index contributed by atoms with van der Waals surface area (Å²) in [4.78, 5) is 3.96. The monoisotopic (exact) mass is 217 g/mol. The lowest BCUT2D eigenvalue weighted by Gasteiger charge is -2.04. The molecule has 0 fully saturated rings. The van der Waals surface area contributed by atoms with Crippen LogP contribution in [0.5, 0.6) is 0 Å². The molecule has 0 saturated carbocycles. The number of aryl methyl sites for hydroxylation is 2. The van der Waals surface area contributed by atoms with Crippen molar-refractivity contribution in [3.63, 3.8) is 0 Å². The minimum atomic E-state index is -0.0503. The first-order valence-corrected chi connectivity index (χ1v) is 5.41. The van der Waals surface area contributed by atoms with Gasteiger partial charge in [-0.15, -0.1) is 0 Å². The van der Waals surface area contributed by atoms with E-state index < -0.39 is 0 Å². The van der Waals surface area contributed by atoms with Crippen molar-refractivity contribution in [1.82, 2.24) is 14.8 Å². The second-order valence-corrected chi connectivity index (χ2v) is 3.65. The standard InChI is InChI=1S/C12H15N3O/c16-9-12-13-10-14-15(12)8-4-7-11-5-2-1-3-6-11/h1-3,5-6,10,16H,4,7-9H2. The van der Waals surface area contributed by atoms with Crippen LogP contribution in [0.4, 0.5) is 0 Å². The van der Waals surface area contributed by atoms with Crippen molar-refractivity contribution in [3.8, 4) is 0 Å². The summed E-state index contributed by atoms with van der Waals surface area (Å²) < 4.78 is 1.75. The van der Waals surface area contributed by atoms with Crippen LogP contribution in [0.25, 0.3) is 0 Å². The zero-order valence-electron chi connectivity index (χ0n) is 9.08. The van der Waals surface area contributed by atoms with Gasteiger partial charge in [0.25, 0.3) is 0 Å². The summed E-state index contributed by atoms with van der Waals surface area (Å²) in [6, 6.07) is 10.3. The fraction of sp³-hybridized carbons (Fsp3) is 0.333. The number of aliphatic hydroxyl groups excluding tert-OH is 1. The molecule has 84 valence electrons. The van der Waals surface area contributed by atoms with Gasteiger partial charge in [0.05, 0.1) is 0 Å². The van der Waals surface area contributed by atoms with Gasteiger partial charge in [-0.1, -0.05) is 30.3 Å². The van der Waals surface area contributed by atoms with E-state index in [0.717, 1.165) is 19.4 Å². The number of benzene rings is 1. The minimum absolute atomic E-state index is 0.0503. The molecule has 0 atom stereocenters. The van der Waals surface area contributed by atoms with Crippen molar-refractivity contribution in [1.29, 1.82) is 0 Å². The van der Waals surface area contributed by atoms with Crippen LogP contribution in [0, 0.1) is 0 Å². The number of nitrogens with zero attached hydrogens (tertiary/aromatic N) is 3. The molecule has 1 aromatic carbocycles. The third-order valence-electron chi connectivity index (χ3n) is 2.52. The van der Waals surface area contributed by atoms with E-state index in [1.165, 1.54) is 11.9 Å². The second kappa shape index (κ2) is 5.42. The van der Waals surface area contributed by atoms with E-state index in [1.807, 2.05) is 18.2 Å². The fourth-order valence-corrected chi connectivity index (χ4v) is 1.67. The van der Waals surface area contributed by atoms with Crippen LogP contribution >= 0.6 is 0 Å². The summed E-state index contributed by atoms with van der Waals surface area (Å²) >= 11 is 0. The van der Waals surface area contributed by atoms with Crippen molar-refractivity contribution in [3.05, 3.63) is 48.0 Å². The predicted molar refractivity (Wildman–Crippen MR) is 60.7 cm³/mol. The highest BCUT2D eigenvalue weighted by atomic mass is 16.3. The summed E-state index contributed by atoms with van der Waals surface area (Å²) in [7, 11) is 0. The molecule has 4 heteroatoms. The SMILES string of the molecule is OCc1ncnn1CCCc1ccccc1. The van der Waals surface area contributed by atoms with Crippen LogP contribution in [0.3, 0.4) is 0 Å². The highest BCUT2D eigenvalue weighted by Crippen LogP contribution is 2.04. The molecule has 1 N–H and O–H groups in total. The number of rotatable bonds is 5. The van der Waals surface area contributed by atoms with Gasteiger partial charge in [0.2, 0.25) is 0 Å². The average molecular weight is 217 g/mol. The zero-order chi connectivity index (χ0) is 11.2. The smallest absolute Gasteiger partial charge is 0.152 e. The van der Waals surface area contributed by atoms with Crippen molar-refractivity contribution in [2.24, 2.45) is 0 Å². The Bertz CT molecular complexity index is 425. The van der Waals surface area contributed by atoms with Crippen LogP contribution in [0.2, 0.25) is 0 Å². The van der Waals surface area contributed by atoms with Gasteiger partial charge in [-0.05, 0) is 18.4 Å². The van der Waals surface area contributed by atoms with Crippen LogP contribution < -0.4 is 0 Å². The van der Waals surface area contributed by atoms with E-state index in [9.17, 15) is 0 Å². The van der Waals surface area contributed by atoms with Gasteiger partial charge in [-0.25, -0.2) is 9.67 Å². The van der Waals surface area contributed by atoms with Gasteiger partial charge >= 0.3 is 0 Å². The average Bonchev–Trinajstić information content (AvgIpc) is 2.78. The van der Waals surface area contributed by atoms with Gasteiger partial charge in [0, 0.05) is 6.54 Å². The van der Waals surface area contributed by atoms with Crippen molar-refractivity contribution < 1.29 is 5.11 Å². The maximum absolute atomic E-state index is 9.00. The third kappa shape index (κ3) is 2.67. The molecule has 0 spiro atoms. The van der Waals surface area contributed by atoms with E-state index in [2.05, 4.69) is 22.2 Å². The van der Waals surface area contributed by atoms with E-state index in [-0.39, 0.29) is 6.61 Å². The molecule has 0 aliphatic heterocycles. The Hall–Kier alpha value is -1.68. The third-order valence-corrected chi connectivity index (χ3v) is 2.52. The highest BCUT2D eigenvalue weighted by Gasteiger charge is 2.01. The quantitative estimate of drug-likeness (QED) is 0.823. The zero-order valence-corrected chi connectivity index (χ0v) is 9.08. The molecule has 16 heavy (non-hydrogen) atoms. The van der Waals surface area contributed by atoms with Gasteiger partial charge in [-0.2, -0.15) is 5.10 Å². The second-order valence-electron chi connectivity index (χ2n) is 3.65. The first-order chi connectivity index (χ1) is 7.90. The fourth-order valence-electron chi connectivity index (χ4n) is 1.67. The lowest BCUT2D eigenvalue weighted by Crippen LogP contribution is -2.06. The maximum atomic E-state index is 9.00. The molecular weight excluding hydrogens is 202 g/mol. The predicted octanol–water partition coefficient (Wildman–Crippen LogP) is 1.40. The number of aliphatic hydroxyl groups is 1. The first kappa shape index (κ1) is 10.8. The Morgan fingerprint density at radius 2 is 2.00 bits per heavy atom. The topological polar surface area (TPSA) is 50.9 Å². The van der Waals surface area contributed by atoms with Gasteiger partial charge in [0.15, 0.2) is 5.82 Å². The molecule has 0 aliphatic rings. The molecule has 0 amide bonds. The molecule has 2 rings (SSSR count). The van der Waals surface area contributed by atoms with Crippen molar-refractivity contribution in [2.45, 2.75) is 26.0 Å². The van der Waals surface area contributed by atoms with Crippen LogP contribution in [-0.2, 0) is 19.6 Å². The molecule has 0 radical (unpaired) electrons. The highest BCUT2D eigenvalue weighted by molar-refractivity contribution is 5.14. The number of hydrogen-bond donors (Lipinski definition) is 1. The van der Waals surface area contributed by atoms with Crippen molar-refractivity contribution in [2.75, 3.05) is 0 Å². The molecule has 1 heterocycles. The number of hydrogen-bond acceptors (Lipinski definition) is 3. The summed E-state index contributed by atoms with van der Waals surface area (Å²) in [5.41, 5.74) is 1.33. The Labute approximate surface area is 94.6 Å². The van der Waals surface area contributed by atoms with E-state index in [0.29, 0.717) is 5.82 Å². The van der Waals surface area contributed by atoms with E-state index in [1.54, 1.807) is 4.68 Å². The molecule has 1 aromatic heterocycles. The Morgan fingerprint density at radius 1 is 1.19 bits per heavy atom. The van der Waals surface area contributed by atoms with Crippen LogP contribution in [0.1, 0.15) is 17.8 Å². The summed E-state index contributed by atoms with van der Waals surface area (Å²) in [5, 5.41) is 13.1. The van der Waals surface area contributed by atoms with Crippen LogP contribution in [-0.4, -0.2) is 19.9 Å². The first-order valence-electron chi connectivity index (χ1n) is 5.41. The number of aromatic nitrogens is 3. The van der Waals surface area contributed by atoms with Gasteiger partial charge in [-0.3, -0.25) is 0 Å². The molecule has 4 nitrogen and oxygen atoms in total. The van der Waals surface area contributed by atoms with Gasteiger partial charge in [0.1, 0.15) is 12.9 Å². The Kier molecular flexibility index (Phi) is 3.66. The van der Waals surface area contributed by atoms with Crippen molar-refractivity contribution >= 4 is 0 Å². The van der Waals surface area contributed by atoms with Gasteiger partial charge < -0.3 is 5.11 Å². The lowest BCUT2D eigenvalue weighted by atomic mass is 10.1. The van der Waals surface area contributed by atoms with E-state index >= 15 is 0 Å². The van der Waals surface area contributed by atoms with Crippen LogP contribution in [0.15, 0.2) is 36.7 Å². The molecule has 0 bridgehead atoms. The maximum Gasteiger partial charge on any atom is 0.152 e. The summed E-state index contributed by atoms with van der Waals surface area (Å²) in [6.45, 7) is 0.746. The molecule has 2 aromatic rings. The summed E-state index contributed by atoms with van der Waals surface area (Å²) in [6.07, 6.45) is 3.50. The van der Waals surface area contributed by atoms with E-state index in [4.69, 9.17) is 5.11 Å². The summed E-state index contributed by atoms with van der Waals surface area (Å²) in [5.74, 6) is 0.632. The molecule has 0 aliphatic carbocycles. The molecular formula is C12H15N3O. The largest absolute Gasteiger partial charge is 0.388 e. The molecule has 0 saturated heterocycles. The Balaban J connectivity index is 1.85. The normalized spacial score (nSPS) is 10.6. The molecule has 0 unspecified atom stereocenters. The lowest BCUT2D eigenvalue weighted by molar-refractivity contribution is 0.262.